The third-order valence-corrected chi connectivity index (χ3v) is 11.7. The Bertz CT molecular complexity index is 2130. The lowest BCUT2D eigenvalue weighted by Crippen LogP contribution is -2.52. The van der Waals surface area contributed by atoms with Gasteiger partial charge < -0.3 is 30.4 Å². The molecule has 4 N–H and O–H groups in total. The number of para-hydroxylation sites is 1. The summed E-state index contributed by atoms with van der Waals surface area (Å²) in [4.78, 5) is 42.6. The molecule has 13 heteroatoms. The highest BCUT2D eigenvalue weighted by Crippen LogP contribution is 2.42. The molecule has 0 bridgehead atoms. The molecule has 10 rings (SSSR count). The van der Waals surface area contributed by atoms with Crippen molar-refractivity contribution in [1.29, 1.82) is 0 Å². The molecule has 1 atom stereocenters. The van der Waals surface area contributed by atoms with Gasteiger partial charge in [0, 0.05) is 48.5 Å². The molecule has 3 aliphatic heterocycles. The first-order chi connectivity index (χ1) is 24.4. The van der Waals surface area contributed by atoms with Crippen LogP contribution >= 0.6 is 11.6 Å². The van der Waals surface area contributed by atoms with Crippen molar-refractivity contribution < 1.29 is 9.59 Å². The Morgan fingerprint density at radius 1 is 0.740 bits per heavy atom. The Hall–Kier alpha value is -4.71. The summed E-state index contributed by atoms with van der Waals surface area (Å²) in [5.41, 5.74) is 5.49. The van der Waals surface area contributed by atoms with Crippen LogP contribution in [0.3, 0.4) is 0 Å². The molecule has 2 aliphatic carbocycles. The number of aromatic nitrogens is 6. The van der Waals surface area contributed by atoms with Gasteiger partial charge in [0.2, 0.25) is 11.2 Å². The summed E-state index contributed by atoms with van der Waals surface area (Å²) in [7, 11) is 0. The molecule has 0 saturated heterocycles. The molecule has 0 radical (unpaired) electrons. The standard InChI is InChI=1S/C23H26N6O.C14H15ClN4O/c30-21-19-11-16-12-25-22(27-17-10-15-6-2-3-7-18(15)24-13-17)28-20(16)29(19)23(14-26-21)8-4-1-5-9-23;15-13-16-7-9-6-10-12(20)17-8-14(4-2-1-3-5-14)19(10)11(9)18-13/h2-3,6-7,11-12,17,24H,1,4-5,8-10,13-14H2,(H,26,30)(H,25,27,28);6-7H,1-5,8H2,(H,17,20)/t17-;/m0./s1. The average molecular weight is 693 g/mol. The molecule has 7 heterocycles. The van der Waals surface area contributed by atoms with Crippen molar-refractivity contribution in [3.8, 4) is 0 Å². The van der Waals surface area contributed by atoms with Gasteiger partial charge in [-0.3, -0.25) is 9.59 Å². The van der Waals surface area contributed by atoms with Crippen LogP contribution in [-0.2, 0) is 17.5 Å². The fourth-order valence-electron chi connectivity index (χ4n) is 9.10. The van der Waals surface area contributed by atoms with Gasteiger partial charge in [-0.2, -0.15) is 9.97 Å². The zero-order chi connectivity index (χ0) is 33.9. The Morgan fingerprint density at radius 3 is 1.96 bits per heavy atom. The number of benzene rings is 1. The second kappa shape index (κ2) is 12.3. The van der Waals surface area contributed by atoms with Crippen molar-refractivity contribution in [2.24, 2.45) is 0 Å². The quantitative estimate of drug-likeness (QED) is 0.171. The molecule has 5 aliphatic rings. The van der Waals surface area contributed by atoms with E-state index in [-0.39, 0.29) is 34.2 Å². The highest BCUT2D eigenvalue weighted by atomic mass is 35.5. The van der Waals surface area contributed by atoms with E-state index in [2.05, 4.69) is 69.6 Å². The molecule has 12 nitrogen and oxygen atoms in total. The number of hydrogen-bond acceptors (Lipinski definition) is 8. The predicted molar refractivity (Wildman–Crippen MR) is 193 cm³/mol. The van der Waals surface area contributed by atoms with Crippen LogP contribution in [0.5, 0.6) is 0 Å². The smallest absolute Gasteiger partial charge is 0.268 e. The van der Waals surface area contributed by atoms with E-state index < -0.39 is 0 Å². The van der Waals surface area contributed by atoms with Crippen LogP contribution in [0.4, 0.5) is 11.6 Å². The van der Waals surface area contributed by atoms with Gasteiger partial charge in [0.1, 0.15) is 22.7 Å². The maximum atomic E-state index is 12.6. The normalized spacial score (nSPS) is 21.7. The number of anilines is 2. The summed E-state index contributed by atoms with van der Waals surface area (Å²) >= 11 is 5.95. The minimum atomic E-state index is -0.0554. The number of amides is 2. The number of fused-ring (bicyclic) bond motifs is 9. The van der Waals surface area contributed by atoms with Crippen molar-refractivity contribution in [3.63, 3.8) is 0 Å². The van der Waals surface area contributed by atoms with Crippen LogP contribution in [0.15, 0.2) is 48.8 Å². The van der Waals surface area contributed by atoms with Gasteiger partial charge >= 0.3 is 0 Å². The third kappa shape index (κ3) is 5.26. The topological polar surface area (TPSA) is 144 Å². The summed E-state index contributed by atoms with van der Waals surface area (Å²) < 4.78 is 4.34. The third-order valence-electron chi connectivity index (χ3n) is 11.5. The van der Waals surface area contributed by atoms with E-state index in [1.54, 1.807) is 6.20 Å². The fraction of sp³-hybridized carbons (Fsp3) is 0.459. The number of nitrogens with one attached hydrogen (secondary N) is 4. The Morgan fingerprint density at radius 2 is 1.32 bits per heavy atom. The molecular weight excluding hydrogens is 652 g/mol. The van der Waals surface area contributed by atoms with Crippen LogP contribution in [0.25, 0.3) is 22.1 Å². The average Bonchev–Trinajstić information content (AvgIpc) is 3.74. The van der Waals surface area contributed by atoms with Crippen molar-refractivity contribution in [2.75, 3.05) is 30.3 Å². The minimum absolute atomic E-state index is 0.00760. The number of rotatable bonds is 2. The van der Waals surface area contributed by atoms with Gasteiger partial charge in [-0.05, 0) is 67.5 Å². The van der Waals surface area contributed by atoms with Crippen LogP contribution in [0, 0.1) is 0 Å². The van der Waals surface area contributed by atoms with E-state index in [1.807, 2.05) is 18.3 Å². The first kappa shape index (κ1) is 31.3. The molecular formula is C37H41ClN10O2. The van der Waals surface area contributed by atoms with E-state index in [0.717, 1.165) is 66.4 Å². The lowest BCUT2D eigenvalue weighted by atomic mass is 9.80. The zero-order valence-corrected chi connectivity index (χ0v) is 28.7. The second-order valence-electron chi connectivity index (χ2n) is 14.6. The van der Waals surface area contributed by atoms with E-state index in [1.165, 1.54) is 49.8 Å². The van der Waals surface area contributed by atoms with E-state index in [9.17, 15) is 9.59 Å². The number of hydrogen-bond donors (Lipinski definition) is 4. The lowest BCUT2D eigenvalue weighted by Gasteiger charge is -2.42. The molecule has 1 aromatic carbocycles. The number of halogens is 1. The number of carbonyl (C=O) groups excluding carboxylic acids is 2. The number of nitrogens with zero attached hydrogens (tertiary/aromatic N) is 6. The first-order valence-corrected chi connectivity index (χ1v) is 18.4. The fourth-order valence-corrected chi connectivity index (χ4v) is 9.23. The van der Waals surface area contributed by atoms with Gasteiger partial charge in [0.25, 0.3) is 11.8 Å². The van der Waals surface area contributed by atoms with Crippen molar-refractivity contribution in [3.05, 3.63) is 71.0 Å². The largest absolute Gasteiger partial charge is 0.383 e. The van der Waals surface area contributed by atoms with Crippen molar-refractivity contribution in [2.45, 2.75) is 87.7 Å². The molecule has 2 spiro atoms. The highest BCUT2D eigenvalue weighted by Gasteiger charge is 2.43. The summed E-state index contributed by atoms with van der Waals surface area (Å²) in [6.07, 6.45) is 16.1. The van der Waals surface area contributed by atoms with Gasteiger partial charge in [0.05, 0.1) is 17.1 Å². The monoisotopic (exact) mass is 692 g/mol. The Balaban J connectivity index is 0.000000146. The molecule has 50 heavy (non-hydrogen) atoms. The van der Waals surface area contributed by atoms with E-state index >= 15 is 0 Å². The van der Waals surface area contributed by atoms with E-state index in [0.29, 0.717) is 24.7 Å². The van der Waals surface area contributed by atoms with Crippen LogP contribution in [0.2, 0.25) is 5.28 Å². The maximum Gasteiger partial charge on any atom is 0.268 e. The number of carbonyl (C=O) groups is 2. The van der Waals surface area contributed by atoms with Gasteiger partial charge in [0.15, 0.2) is 0 Å². The van der Waals surface area contributed by atoms with Crippen LogP contribution in [-0.4, -0.2) is 66.6 Å². The predicted octanol–water partition coefficient (Wildman–Crippen LogP) is 5.77. The summed E-state index contributed by atoms with van der Waals surface area (Å²) in [5, 5.41) is 15.2. The molecule has 2 amide bonds. The lowest BCUT2D eigenvalue weighted by molar-refractivity contribution is 0.0828. The summed E-state index contributed by atoms with van der Waals surface area (Å²) in [6.45, 7) is 2.21. The maximum absolute atomic E-state index is 12.6. The molecule has 4 aromatic heterocycles. The Labute approximate surface area is 294 Å². The van der Waals surface area contributed by atoms with Crippen molar-refractivity contribution in [1.82, 2.24) is 39.7 Å². The van der Waals surface area contributed by atoms with Crippen LogP contribution < -0.4 is 21.3 Å². The highest BCUT2D eigenvalue weighted by molar-refractivity contribution is 6.28. The molecule has 2 fully saturated rings. The van der Waals surface area contributed by atoms with Gasteiger partial charge in [-0.15, -0.1) is 0 Å². The Kier molecular flexibility index (Phi) is 7.67. The zero-order valence-electron chi connectivity index (χ0n) is 28.0. The summed E-state index contributed by atoms with van der Waals surface area (Å²) in [6, 6.07) is 12.5. The summed E-state index contributed by atoms with van der Waals surface area (Å²) in [5.74, 6) is 0.591. The molecule has 5 aromatic rings. The second-order valence-corrected chi connectivity index (χ2v) is 15.0. The van der Waals surface area contributed by atoms with Gasteiger partial charge in [-0.1, -0.05) is 56.7 Å². The van der Waals surface area contributed by atoms with E-state index in [4.69, 9.17) is 16.6 Å². The first-order valence-electron chi connectivity index (χ1n) is 18.0. The van der Waals surface area contributed by atoms with Gasteiger partial charge in [-0.25, -0.2) is 9.97 Å². The molecule has 2 saturated carbocycles. The molecule has 258 valence electrons. The minimum Gasteiger partial charge on any atom is -0.383 e. The molecule has 0 unspecified atom stereocenters. The van der Waals surface area contributed by atoms with Crippen LogP contribution in [0.1, 0.15) is 90.7 Å². The van der Waals surface area contributed by atoms with Crippen molar-refractivity contribution >= 4 is 57.1 Å². The SMILES string of the molecule is O=C1NCC2(CCCCC2)n2c1cc1cnc(Cl)nc12.O=C1NCC2(CCCCC2)n2c1cc1cnc(N[C@@H]3CNc4ccccc4C3)nc12.